The Morgan fingerprint density at radius 3 is 2.44 bits per heavy atom. The van der Waals surface area contributed by atoms with E-state index in [1.165, 1.54) is 0 Å². The van der Waals surface area contributed by atoms with Crippen LogP contribution >= 0.6 is 0 Å². The molecule has 0 radical (unpaired) electrons. The predicted octanol–water partition coefficient (Wildman–Crippen LogP) is 2.54. The molecule has 1 N–H and O–H groups in total. The third-order valence-electron chi connectivity index (χ3n) is 8.24. The van der Waals surface area contributed by atoms with Crippen LogP contribution in [0.1, 0.15) is 40.5 Å². The summed E-state index contributed by atoms with van der Waals surface area (Å²) >= 11 is 0. The van der Waals surface area contributed by atoms with Crippen molar-refractivity contribution in [3.8, 4) is 5.75 Å². The number of carbonyl (C=O) groups excluding carboxylic acids is 3. The Balaban J connectivity index is 1.54. The summed E-state index contributed by atoms with van der Waals surface area (Å²) in [4.78, 5) is 47.6. The molecule has 1 spiro atoms. The molecule has 210 valence electrons. The van der Waals surface area contributed by atoms with Crippen LogP contribution in [0.25, 0.3) is 0 Å². The molecular formula is C30H39N3O6. The van der Waals surface area contributed by atoms with Gasteiger partial charge in [0.15, 0.2) is 0 Å². The van der Waals surface area contributed by atoms with Gasteiger partial charge in [0.1, 0.15) is 17.4 Å². The molecule has 4 aliphatic rings. The lowest BCUT2D eigenvalue weighted by Gasteiger charge is -2.40. The van der Waals surface area contributed by atoms with Crippen LogP contribution in [0.2, 0.25) is 0 Å². The zero-order chi connectivity index (χ0) is 27.9. The number of rotatable bonds is 7. The standard InChI is InChI=1S/C30H39N3O6/c1-5-38-21-13-11-20(12-14-21)31-17-8-10-22-23(26(31)35)24-27(36)32(16-6-7-19-34)25-28(37)33(29(2,3)4)18-9-15-30(24,25)39-22/h8-15,22-25,34H,5-7,16-19H2,1-4H3/t22-,23+,24-,25?,30-/m0/s1. The molecule has 9 nitrogen and oxygen atoms in total. The maximum Gasteiger partial charge on any atom is 0.249 e. The van der Waals surface area contributed by atoms with Gasteiger partial charge in [0, 0.05) is 37.5 Å². The first-order chi connectivity index (χ1) is 18.6. The first-order valence-corrected chi connectivity index (χ1v) is 13.9. The molecule has 4 aliphatic heterocycles. The number of carbonyl (C=O) groups is 3. The van der Waals surface area contributed by atoms with Gasteiger partial charge < -0.3 is 29.3 Å². The first-order valence-electron chi connectivity index (χ1n) is 13.9. The number of aliphatic hydroxyl groups is 1. The Morgan fingerprint density at radius 1 is 1.03 bits per heavy atom. The molecule has 2 fully saturated rings. The summed E-state index contributed by atoms with van der Waals surface area (Å²) in [6.07, 6.45) is 7.99. The highest BCUT2D eigenvalue weighted by Crippen LogP contribution is 2.54. The van der Waals surface area contributed by atoms with Gasteiger partial charge in [0.2, 0.25) is 17.7 Å². The van der Waals surface area contributed by atoms with Gasteiger partial charge in [0.05, 0.1) is 24.5 Å². The van der Waals surface area contributed by atoms with Crippen LogP contribution in [-0.2, 0) is 19.1 Å². The molecule has 1 unspecified atom stereocenters. The summed E-state index contributed by atoms with van der Waals surface area (Å²) in [5.74, 6) is -1.50. The van der Waals surface area contributed by atoms with Crippen molar-refractivity contribution in [2.45, 2.75) is 63.8 Å². The Morgan fingerprint density at radius 2 is 1.77 bits per heavy atom. The van der Waals surface area contributed by atoms with Gasteiger partial charge >= 0.3 is 0 Å². The number of hydrogen-bond donors (Lipinski definition) is 1. The van der Waals surface area contributed by atoms with E-state index in [2.05, 4.69) is 0 Å². The zero-order valence-electron chi connectivity index (χ0n) is 23.2. The first kappa shape index (κ1) is 27.4. The highest BCUT2D eigenvalue weighted by atomic mass is 16.5. The van der Waals surface area contributed by atoms with Gasteiger partial charge in [-0.15, -0.1) is 0 Å². The number of anilines is 1. The number of amides is 3. The topological polar surface area (TPSA) is 99.6 Å². The van der Waals surface area contributed by atoms with Crippen LogP contribution in [0.15, 0.2) is 48.6 Å². The number of nitrogens with zero attached hydrogens (tertiary/aromatic N) is 3. The molecule has 5 rings (SSSR count). The molecule has 39 heavy (non-hydrogen) atoms. The average Bonchev–Trinajstić information content (AvgIpc) is 3.19. The lowest BCUT2D eigenvalue weighted by molar-refractivity contribution is -0.150. The quantitative estimate of drug-likeness (QED) is 0.424. The van der Waals surface area contributed by atoms with E-state index in [1.54, 1.807) is 14.7 Å². The van der Waals surface area contributed by atoms with Crippen LogP contribution in [-0.4, -0.2) is 88.8 Å². The van der Waals surface area contributed by atoms with Crippen molar-refractivity contribution < 1.29 is 29.0 Å². The van der Waals surface area contributed by atoms with Crippen molar-refractivity contribution in [1.29, 1.82) is 0 Å². The van der Waals surface area contributed by atoms with Crippen molar-refractivity contribution in [1.82, 2.24) is 9.80 Å². The largest absolute Gasteiger partial charge is 0.494 e. The molecule has 5 atom stereocenters. The summed E-state index contributed by atoms with van der Waals surface area (Å²) in [6.45, 7) is 9.45. The smallest absolute Gasteiger partial charge is 0.249 e. The second-order valence-corrected chi connectivity index (χ2v) is 11.6. The third-order valence-corrected chi connectivity index (χ3v) is 8.24. The van der Waals surface area contributed by atoms with Crippen LogP contribution in [0.4, 0.5) is 5.69 Å². The number of aliphatic hydroxyl groups excluding tert-OH is 1. The number of unbranched alkanes of at least 4 members (excludes halogenated alkanes) is 1. The maximum absolute atomic E-state index is 14.2. The van der Waals surface area contributed by atoms with E-state index in [1.807, 2.05) is 76.3 Å². The summed E-state index contributed by atoms with van der Waals surface area (Å²) in [5, 5.41) is 9.37. The van der Waals surface area contributed by atoms with Crippen molar-refractivity contribution >= 4 is 23.4 Å². The number of hydrogen-bond acceptors (Lipinski definition) is 6. The average molecular weight is 538 g/mol. The highest BCUT2D eigenvalue weighted by Gasteiger charge is 2.72. The molecule has 2 saturated heterocycles. The summed E-state index contributed by atoms with van der Waals surface area (Å²) in [7, 11) is 0. The van der Waals surface area contributed by atoms with Gasteiger partial charge in [-0.05, 0) is 64.8 Å². The van der Waals surface area contributed by atoms with Gasteiger partial charge in [-0.1, -0.05) is 24.3 Å². The van der Waals surface area contributed by atoms with Gasteiger partial charge in [-0.2, -0.15) is 0 Å². The number of fused-ring (bicyclic) bond motifs is 2. The molecule has 0 aliphatic carbocycles. The summed E-state index contributed by atoms with van der Waals surface area (Å²) in [6, 6.07) is 6.48. The van der Waals surface area contributed by atoms with Crippen molar-refractivity contribution in [3.63, 3.8) is 0 Å². The van der Waals surface area contributed by atoms with Crippen molar-refractivity contribution in [2.24, 2.45) is 11.8 Å². The fourth-order valence-electron chi connectivity index (χ4n) is 6.50. The minimum Gasteiger partial charge on any atom is -0.494 e. The monoisotopic (exact) mass is 537 g/mol. The van der Waals surface area contributed by atoms with E-state index in [0.29, 0.717) is 44.8 Å². The Labute approximate surface area is 230 Å². The van der Waals surface area contributed by atoms with Crippen LogP contribution in [0.3, 0.4) is 0 Å². The summed E-state index contributed by atoms with van der Waals surface area (Å²) in [5.41, 5.74) is -0.999. The van der Waals surface area contributed by atoms with Crippen molar-refractivity contribution in [2.75, 3.05) is 37.7 Å². The Bertz CT molecular complexity index is 1170. The SMILES string of the molecule is CCOc1ccc(N2CC=C[C@@H]3O[C@]45C=CCN(C(C)(C)C)C(=O)C4N(CCCCO)C(=O)[C@@H]5[C@@H]3C2=O)cc1. The minimum absolute atomic E-state index is 0.00472. The van der Waals surface area contributed by atoms with Crippen LogP contribution in [0.5, 0.6) is 5.75 Å². The normalized spacial score (nSPS) is 30.3. The molecule has 4 heterocycles. The number of likely N-dealkylation sites (tertiary alicyclic amines) is 1. The molecule has 0 bridgehead atoms. The Kier molecular flexibility index (Phi) is 7.33. The predicted molar refractivity (Wildman–Crippen MR) is 146 cm³/mol. The molecule has 9 heteroatoms. The minimum atomic E-state index is -1.25. The molecule has 0 aromatic heterocycles. The molecular weight excluding hydrogens is 498 g/mol. The lowest BCUT2D eigenvalue weighted by Crippen LogP contribution is -2.58. The second kappa shape index (κ2) is 10.4. The number of benzene rings is 1. The highest BCUT2D eigenvalue weighted by molar-refractivity contribution is 6.03. The summed E-state index contributed by atoms with van der Waals surface area (Å²) < 4.78 is 12.2. The van der Waals surface area contributed by atoms with Gasteiger partial charge in [0.25, 0.3) is 0 Å². The molecule has 3 amide bonds. The fourth-order valence-corrected chi connectivity index (χ4v) is 6.50. The maximum atomic E-state index is 14.2. The van der Waals surface area contributed by atoms with E-state index >= 15 is 0 Å². The second-order valence-electron chi connectivity index (χ2n) is 11.6. The van der Waals surface area contributed by atoms with Crippen LogP contribution in [0, 0.1) is 11.8 Å². The third kappa shape index (κ3) is 4.55. The number of ether oxygens (including phenoxy) is 2. The van der Waals surface area contributed by atoms with E-state index in [9.17, 15) is 19.5 Å². The van der Waals surface area contributed by atoms with Gasteiger partial charge in [-0.25, -0.2) is 0 Å². The fraction of sp³-hybridized carbons (Fsp3) is 0.567. The van der Waals surface area contributed by atoms with Crippen LogP contribution < -0.4 is 9.64 Å². The molecule has 1 aromatic carbocycles. The van der Waals surface area contributed by atoms with Gasteiger partial charge in [-0.3, -0.25) is 14.4 Å². The lowest BCUT2D eigenvalue weighted by atomic mass is 9.77. The Hall–Kier alpha value is -3.17. The molecule has 1 aromatic rings. The van der Waals surface area contributed by atoms with E-state index < -0.39 is 35.1 Å². The van der Waals surface area contributed by atoms with E-state index in [0.717, 1.165) is 5.75 Å². The van der Waals surface area contributed by atoms with E-state index in [4.69, 9.17) is 9.47 Å². The molecule has 0 saturated carbocycles. The van der Waals surface area contributed by atoms with E-state index in [-0.39, 0.29) is 24.3 Å². The zero-order valence-corrected chi connectivity index (χ0v) is 23.2. The van der Waals surface area contributed by atoms with Crippen molar-refractivity contribution in [3.05, 3.63) is 48.6 Å².